The van der Waals surface area contributed by atoms with E-state index in [0.717, 1.165) is 10.2 Å². The van der Waals surface area contributed by atoms with Crippen molar-refractivity contribution < 1.29 is 9.53 Å². The molecule has 0 unspecified atom stereocenters. The third kappa shape index (κ3) is 4.59. The van der Waals surface area contributed by atoms with Gasteiger partial charge in [0.25, 0.3) is 5.91 Å². The first-order valence-corrected chi connectivity index (χ1v) is 7.51. The molecule has 1 heterocycles. The van der Waals surface area contributed by atoms with Crippen molar-refractivity contribution in [3.8, 4) is 5.75 Å². The second-order valence-electron chi connectivity index (χ2n) is 4.18. The van der Waals surface area contributed by atoms with Crippen LogP contribution in [0.5, 0.6) is 5.75 Å². The number of aromatic nitrogens is 1. The van der Waals surface area contributed by atoms with Crippen LogP contribution in [0.4, 0.5) is 5.82 Å². The van der Waals surface area contributed by atoms with E-state index >= 15 is 0 Å². The molecule has 0 spiro atoms. The summed E-state index contributed by atoms with van der Waals surface area (Å²) in [6, 6.07) is 8.31. The SMILES string of the molecule is Cc1nc(NC(=O)COc2ccc(Cl)cc2Cl)ccc1Br. The minimum absolute atomic E-state index is 0.169. The van der Waals surface area contributed by atoms with Crippen LogP contribution < -0.4 is 10.1 Å². The van der Waals surface area contributed by atoms with E-state index in [9.17, 15) is 4.79 Å². The number of amides is 1. The lowest BCUT2D eigenvalue weighted by Crippen LogP contribution is -2.21. The number of anilines is 1. The van der Waals surface area contributed by atoms with Gasteiger partial charge in [-0.15, -0.1) is 0 Å². The standard InChI is InChI=1S/C14H11BrCl2N2O2/c1-8-10(15)3-5-13(18-8)19-14(20)7-21-12-4-2-9(16)6-11(12)17/h2-6H,7H2,1H3,(H,18,19,20). The monoisotopic (exact) mass is 388 g/mol. The fraction of sp³-hybridized carbons (Fsp3) is 0.143. The van der Waals surface area contributed by atoms with Crippen molar-refractivity contribution in [3.05, 3.63) is 50.5 Å². The fourth-order valence-electron chi connectivity index (χ4n) is 1.53. The zero-order valence-electron chi connectivity index (χ0n) is 11.0. The minimum Gasteiger partial charge on any atom is -0.482 e. The summed E-state index contributed by atoms with van der Waals surface area (Å²) in [4.78, 5) is 16.0. The predicted octanol–water partition coefficient (Wildman–Crippen LogP) is 4.48. The molecule has 0 radical (unpaired) electrons. The van der Waals surface area contributed by atoms with Gasteiger partial charge in [0.1, 0.15) is 11.6 Å². The van der Waals surface area contributed by atoms with E-state index < -0.39 is 0 Å². The molecule has 1 aromatic heterocycles. The van der Waals surface area contributed by atoms with Crippen LogP contribution in [0.3, 0.4) is 0 Å². The van der Waals surface area contributed by atoms with Crippen LogP contribution in [0.15, 0.2) is 34.8 Å². The van der Waals surface area contributed by atoms with Crippen LogP contribution in [-0.4, -0.2) is 17.5 Å². The van der Waals surface area contributed by atoms with E-state index in [4.69, 9.17) is 27.9 Å². The number of nitrogens with one attached hydrogen (secondary N) is 1. The first-order chi connectivity index (χ1) is 9.95. The lowest BCUT2D eigenvalue weighted by Gasteiger charge is -2.09. The number of benzene rings is 1. The lowest BCUT2D eigenvalue weighted by molar-refractivity contribution is -0.118. The highest BCUT2D eigenvalue weighted by molar-refractivity contribution is 9.10. The van der Waals surface area contributed by atoms with Crippen molar-refractivity contribution in [2.24, 2.45) is 0 Å². The number of nitrogens with zero attached hydrogens (tertiary/aromatic N) is 1. The molecule has 1 aromatic carbocycles. The Balaban J connectivity index is 1.94. The molecule has 2 rings (SSSR count). The highest BCUT2D eigenvalue weighted by atomic mass is 79.9. The number of aryl methyl sites for hydroxylation is 1. The summed E-state index contributed by atoms with van der Waals surface area (Å²) >= 11 is 15.1. The third-order valence-electron chi connectivity index (χ3n) is 2.54. The maximum absolute atomic E-state index is 11.8. The Morgan fingerprint density at radius 3 is 2.76 bits per heavy atom. The molecule has 0 atom stereocenters. The number of carbonyl (C=O) groups excluding carboxylic acids is 1. The summed E-state index contributed by atoms with van der Waals surface area (Å²) in [5.41, 5.74) is 0.787. The van der Waals surface area contributed by atoms with Crippen molar-refractivity contribution in [2.45, 2.75) is 6.92 Å². The van der Waals surface area contributed by atoms with Gasteiger partial charge in [-0.25, -0.2) is 4.98 Å². The number of hydrogen-bond acceptors (Lipinski definition) is 3. The average Bonchev–Trinajstić information content (AvgIpc) is 2.42. The average molecular weight is 390 g/mol. The normalized spacial score (nSPS) is 10.3. The van der Waals surface area contributed by atoms with Crippen molar-refractivity contribution in [3.63, 3.8) is 0 Å². The van der Waals surface area contributed by atoms with E-state index in [1.807, 2.05) is 13.0 Å². The molecule has 0 aliphatic carbocycles. The summed E-state index contributed by atoms with van der Waals surface area (Å²) in [7, 11) is 0. The summed E-state index contributed by atoms with van der Waals surface area (Å²) in [6.07, 6.45) is 0. The molecule has 110 valence electrons. The Bertz CT molecular complexity index is 680. The van der Waals surface area contributed by atoms with Gasteiger partial charge >= 0.3 is 0 Å². The Morgan fingerprint density at radius 2 is 2.10 bits per heavy atom. The van der Waals surface area contributed by atoms with Crippen molar-refractivity contribution >= 4 is 50.9 Å². The zero-order chi connectivity index (χ0) is 15.4. The quantitative estimate of drug-likeness (QED) is 0.838. The van der Waals surface area contributed by atoms with Crippen molar-refractivity contribution in [1.29, 1.82) is 0 Å². The van der Waals surface area contributed by atoms with Crippen LogP contribution in [0, 0.1) is 6.92 Å². The van der Waals surface area contributed by atoms with Gasteiger partial charge in [-0.05, 0) is 53.2 Å². The van der Waals surface area contributed by atoms with Crippen LogP contribution in [0.2, 0.25) is 10.0 Å². The largest absolute Gasteiger partial charge is 0.482 e. The van der Waals surface area contributed by atoms with Gasteiger partial charge in [-0.3, -0.25) is 4.79 Å². The van der Waals surface area contributed by atoms with Crippen LogP contribution >= 0.6 is 39.1 Å². The topological polar surface area (TPSA) is 51.2 Å². The first-order valence-electron chi connectivity index (χ1n) is 5.96. The number of rotatable bonds is 4. The number of carbonyl (C=O) groups is 1. The second kappa shape index (κ2) is 7.11. The van der Waals surface area contributed by atoms with Crippen molar-refractivity contribution in [1.82, 2.24) is 4.98 Å². The molecule has 0 aliphatic rings. The highest BCUT2D eigenvalue weighted by Gasteiger charge is 2.08. The number of hydrogen-bond donors (Lipinski definition) is 1. The van der Waals surface area contributed by atoms with E-state index in [2.05, 4.69) is 26.2 Å². The fourth-order valence-corrected chi connectivity index (χ4v) is 2.21. The lowest BCUT2D eigenvalue weighted by atomic mass is 10.3. The van der Waals surface area contributed by atoms with Crippen molar-refractivity contribution in [2.75, 3.05) is 11.9 Å². The molecular weight excluding hydrogens is 379 g/mol. The summed E-state index contributed by atoms with van der Waals surface area (Å²) in [6.45, 7) is 1.67. The maximum atomic E-state index is 11.8. The Morgan fingerprint density at radius 1 is 1.33 bits per heavy atom. The number of ether oxygens (including phenoxy) is 1. The van der Waals surface area contributed by atoms with Crippen LogP contribution in [0.25, 0.3) is 0 Å². The molecule has 0 saturated carbocycles. The molecule has 1 N–H and O–H groups in total. The van der Waals surface area contributed by atoms with Gasteiger partial charge in [0, 0.05) is 9.50 Å². The molecular formula is C14H11BrCl2N2O2. The smallest absolute Gasteiger partial charge is 0.263 e. The molecule has 0 saturated heterocycles. The molecule has 0 aliphatic heterocycles. The molecule has 0 bridgehead atoms. The van der Waals surface area contributed by atoms with E-state index in [0.29, 0.717) is 21.6 Å². The van der Waals surface area contributed by atoms with Gasteiger partial charge in [0.2, 0.25) is 0 Å². The maximum Gasteiger partial charge on any atom is 0.263 e. The summed E-state index contributed by atoms with van der Waals surface area (Å²) in [5.74, 6) is 0.540. The summed E-state index contributed by atoms with van der Waals surface area (Å²) < 4.78 is 6.22. The molecule has 1 amide bonds. The third-order valence-corrected chi connectivity index (χ3v) is 3.91. The van der Waals surface area contributed by atoms with Gasteiger partial charge < -0.3 is 10.1 Å². The predicted molar refractivity (Wildman–Crippen MR) is 87.3 cm³/mol. The first kappa shape index (κ1) is 16.1. The second-order valence-corrected chi connectivity index (χ2v) is 5.87. The highest BCUT2D eigenvalue weighted by Crippen LogP contribution is 2.27. The molecule has 0 fully saturated rings. The van der Waals surface area contributed by atoms with E-state index in [1.165, 1.54) is 0 Å². The van der Waals surface area contributed by atoms with Gasteiger partial charge in [-0.1, -0.05) is 23.2 Å². The minimum atomic E-state index is -0.324. The zero-order valence-corrected chi connectivity index (χ0v) is 14.1. The number of pyridine rings is 1. The number of halogens is 3. The summed E-state index contributed by atoms with van der Waals surface area (Å²) in [5, 5.41) is 3.51. The van der Waals surface area contributed by atoms with E-state index in [-0.39, 0.29) is 12.5 Å². The van der Waals surface area contributed by atoms with Gasteiger partial charge in [0.05, 0.1) is 10.7 Å². The van der Waals surface area contributed by atoms with Crippen LogP contribution in [-0.2, 0) is 4.79 Å². The Kier molecular flexibility index (Phi) is 5.45. The molecule has 2 aromatic rings. The molecule has 21 heavy (non-hydrogen) atoms. The molecule has 4 nitrogen and oxygen atoms in total. The molecule has 7 heteroatoms. The van der Waals surface area contributed by atoms with E-state index in [1.54, 1.807) is 24.3 Å². The Hall–Kier alpha value is -1.30. The van der Waals surface area contributed by atoms with Gasteiger partial charge in [0.15, 0.2) is 6.61 Å². The Labute approximate surface area is 140 Å². The van der Waals surface area contributed by atoms with Crippen LogP contribution in [0.1, 0.15) is 5.69 Å². The van der Waals surface area contributed by atoms with Gasteiger partial charge in [-0.2, -0.15) is 0 Å².